The number of nitro benzene ring substituents is 1. The van der Waals surface area contributed by atoms with Gasteiger partial charge >= 0.3 is 5.97 Å². The van der Waals surface area contributed by atoms with Gasteiger partial charge in [-0.2, -0.15) is 0 Å². The number of benzene rings is 2. The van der Waals surface area contributed by atoms with Crippen LogP contribution in [0.25, 0.3) is 0 Å². The lowest BCUT2D eigenvalue weighted by Gasteiger charge is -2.36. The summed E-state index contributed by atoms with van der Waals surface area (Å²) in [6.45, 7) is 8.07. The highest BCUT2D eigenvalue weighted by Gasteiger charge is 2.43. The molecule has 0 saturated heterocycles. The molecule has 1 atom stereocenters. The predicted octanol–water partition coefficient (Wildman–Crippen LogP) is 3.03. The molecule has 0 radical (unpaired) electrons. The molecule has 0 spiro atoms. The van der Waals surface area contributed by atoms with Crippen molar-refractivity contribution in [3.8, 4) is 11.5 Å². The van der Waals surface area contributed by atoms with E-state index >= 15 is 0 Å². The van der Waals surface area contributed by atoms with Crippen molar-refractivity contribution in [1.82, 2.24) is 4.72 Å². The summed E-state index contributed by atoms with van der Waals surface area (Å²) < 4.78 is 38.9. The lowest BCUT2D eigenvalue weighted by Crippen LogP contribution is -2.52. The largest absolute Gasteiger partial charge is 0.477 e. The number of carbonyl (C=O) groups is 2. The van der Waals surface area contributed by atoms with Crippen LogP contribution in [0.3, 0.4) is 0 Å². The topological polar surface area (TPSA) is 142 Å². The van der Waals surface area contributed by atoms with Crippen molar-refractivity contribution in [2.45, 2.75) is 58.0 Å². The van der Waals surface area contributed by atoms with Gasteiger partial charge < -0.3 is 9.47 Å². The highest BCUT2D eigenvalue weighted by atomic mass is 32.2. The molecule has 1 aliphatic heterocycles. The summed E-state index contributed by atoms with van der Waals surface area (Å²) in [6, 6.07) is 4.76. The summed E-state index contributed by atoms with van der Waals surface area (Å²) >= 11 is 0. The highest BCUT2D eigenvalue weighted by molar-refractivity contribution is 7.90. The minimum atomic E-state index is -4.53. The second-order valence-corrected chi connectivity index (χ2v) is 9.75. The number of esters is 1. The van der Waals surface area contributed by atoms with Crippen molar-refractivity contribution in [3.05, 3.63) is 56.6 Å². The van der Waals surface area contributed by atoms with E-state index < -0.39 is 43.0 Å². The van der Waals surface area contributed by atoms with Gasteiger partial charge in [0.25, 0.3) is 21.6 Å². The van der Waals surface area contributed by atoms with Gasteiger partial charge in [-0.05, 0) is 56.9 Å². The molecular formula is C22H24N2O8S. The van der Waals surface area contributed by atoms with E-state index in [0.717, 1.165) is 17.7 Å². The lowest BCUT2D eigenvalue weighted by atomic mass is 9.87. The smallest absolute Gasteiger partial charge is 0.308 e. The number of sulfonamides is 1. The number of nitrogens with one attached hydrogen (secondary N) is 1. The summed E-state index contributed by atoms with van der Waals surface area (Å²) in [4.78, 5) is 34.3. The predicted molar refractivity (Wildman–Crippen MR) is 118 cm³/mol. The van der Waals surface area contributed by atoms with Crippen molar-refractivity contribution in [3.63, 3.8) is 0 Å². The Morgan fingerprint density at radius 3 is 2.39 bits per heavy atom. The molecule has 1 unspecified atom stereocenters. The van der Waals surface area contributed by atoms with Gasteiger partial charge in [-0.3, -0.25) is 19.7 Å². The Labute approximate surface area is 191 Å². The van der Waals surface area contributed by atoms with Crippen LogP contribution in [0, 0.1) is 30.9 Å². The molecule has 3 rings (SSSR count). The lowest BCUT2D eigenvalue weighted by molar-refractivity contribution is -0.387. The minimum absolute atomic E-state index is 0.140. The van der Waals surface area contributed by atoms with E-state index in [0.29, 0.717) is 34.6 Å². The molecule has 11 heteroatoms. The maximum Gasteiger partial charge on any atom is 0.308 e. The molecule has 1 heterocycles. The van der Waals surface area contributed by atoms with Gasteiger partial charge in [-0.1, -0.05) is 12.1 Å². The molecular weight excluding hydrogens is 452 g/mol. The van der Waals surface area contributed by atoms with Crippen molar-refractivity contribution in [2.75, 3.05) is 0 Å². The maximum atomic E-state index is 13.0. The highest BCUT2D eigenvalue weighted by Crippen LogP contribution is 2.44. The van der Waals surface area contributed by atoms with Crippen LogP contribution in [0.15, 0.2) is 29.2 Å². The number of nitro groups is 1. The van der Waals surface area contributed by atoms with E-state index in [9.17, 15) is 28.1 Å². The Kier molecular flexibility index (Phi) is 6.20. The molecule has 0 aromatic heterocycles. The standard InChI is InChI=1S/C22H24N2O8S/c1-12-13(2)20-16(14(3)19(12)31-15(4)25)10-11-22(5,32-20)21(26)23-33(29,30)18-9-7-6-8-17(18)24(27)28/h6-9H,10-11H2,1-5H3,(H,23,26). The van der Waals surface area contributed by atoms with E-state index in [-0.39, 0.29) is 6.42 Å². The monoisotopic (exact) mass is 476 g/mol. The number of nitrogens with zero attached hydrogens (tertiary/aromatic N) is 1. The fourth-order valence-corrected chi connectivity index (χ4v) is 5.06. The van der Waals surface area contributed by atoms with Crippen molar-refractivity contribution in [2.24, 2.45) is 0 Å². The Hall–Kier alpha value is -3.47. The molecule has 1 N–H and O–H groups in total. The maximum absolute atomic E-state index is 13.0. The molecule has 0 bridgehead atoms. The van der Waals surface area contributed by atoms with Gasteiger partial charge in [0.1, 0.15) is 11.5 Å². The molecule has 0 aliphatic carbocycles. The molecule has 10 nitrogen and oxygen atoms in total. The van der Waals surface area contributed by atoms with Gasteiger partial charge in [0.15, 0.2) is 10.5 Å². The van der Waals surface area contributed by atoms with Gasteiger partial charge in [0.2, 0.25) is 0 Å². The van der Waals surface area contributed by atoms with Gasteiger partial charge in [-0.25, -0.2) is 13.1 Å². The summed E-state index contributed by atoms with van der Waals surface area (Å²) in [5.41, 5.74) is 0.610. The first-order valence-electron chi connectivity index (χ1n) is 10.1. The van der Waals surface area contributed by atoms with Crippen molar-refractivity contribution >= 4 is 27.6 Å². The third kappa shape index (κ3) is 4.40. The zero-order valence-electron chi connectivity index (χ0n) is 18.8. The summed E-state index contributed by atoms with van der Waals surface area (Å²) in [6.07, 6.45) is 0.507. The number of hydrogen-bond acceptors (Lipinski definition) is 8. The van der Waals surface area contributed by atoms with Crippen molar-refractivity contribution in [1.29, 1.82) is 0 Å². The zero-order chi connectivity index (χ0) is 24.7. The Balaban J connectivity index is 1.95. The summed E-state index contributed by atoms with van der Waals surface area (Å²) in [7, 11) is -4.53. The second kappa shape index (κ2) is 8.47. The summed E-state index contributed by atoms with van der Waals surface area (Å²) in [5, 5.41) is 11.2. The average Bonchev–Trinajstić information content (AvgIpc) is 2.74. The third-order valence-corrected chi connectivity index (χ3v) is 7.17. The Morgan fingerprint density at radius 2 is 1.79 bits per heavy atom. The number of para-hydroxylation sites is 1. The van der Waals surface area contributed by atoms with Crippen LogP contribution in [-0.2, 0) is 26.0 Å². The van der Waals surface area contributed by atoms with Crippen LogP contribution in [0.1, 0.15) is 42.5 Å². The van der Waals surface area contributed by atoms with E-state index in [1.165, 1.54) is 26.0 Å². The third-order valence-electron chi connectivity index (χ3n) is 5.80. The van der Waals surface area contributed by atoms with Crippen LogP contribution in [0.5, 0.6) is 11.5 Å². The molecule has 33 heavy (non-hydrogen) atoms. The zero-order valence-corrected chi connectivity index (χ0v) is 19.7. The Bertz CT molecular complexity index is 1290. The van der Waals surface area contributed by atoms with E-state index in [1.54, 1.807) is 20.8 Å². The van der Waals surface area contributed by atoms with Gasteiger partial charge in [-0.15, -0.1) is 0 Å². The fourth-order valence-electron chi connectivity index (χ4n) is 3.81. The molecule has 2 aromatic rings. The number of fused-ring (bicyclic) bond motifs is 1. The van der Waals surface area contributed by atoms with Gasteiger partial charge in [0.05, 0.1) is 4.92 Å². The molecule has 176 valence electrons. The Morgan fingerprint density at radius 1 is 1.15 bits per heavy atom. The first-order chi connectivity index (χ1) is 15.3. The number of hydrogen-bond donors (Lipinski definition) is 1. The van der Waals surface area contributed by atoms with E-state index in [4.69, 9.17) is 9.47 Å². The van der Waals surface area contributed by atoms with Crippen LogP contribution in [0.4, 0.5) is 5.69 Å². The average molecular weight is 477 g/mol. The first-order valence-corrected chi connectivity index (χ1v) is 11.6. The molecule has 0 saturated carbocycles. The molecule has 1 aliphatic rings. The quantitative estimate of drug-likeness (QED) is 0.300. The van der Waals surface area contributed by atoms with Crippen LogP contribution in [0.2, 0.25) is 0 Å². The number of rotatable bonds is 5. The molecule has 0 fully saturated rings. The number of amides is 1. The SMILES string of the molecule is CC(=O)Oc1c(C)c(C)c2c(c1C)CCC(C)(C(=O)NS(=O)(=O)c1ccccc1[N+](=O)[O-])O2. The minimum Gasteiger partial charge on any atom is -0.477 e. The van der Waals surface area contributed by atoms with Crippen LogP contribution >= 0.6 is 0 Å². The van der Waals surface area contributed by atoms with Crippen molar-refractivity contribution < 1.29 is 32.4 Å². The van der Waals surface area contributed by atoms with Crippen LogP contribution < -0.4 is 14.2 Å². The fraction of sp³-hybridized carbons (Fsp3) is 0.364. The van der Waals surface area contributed by atoms with Crippen LogP contribution in [-0.4, -0.2) is 30.8 Å². The van der Waals surface area contributed by atoms with E-state index in [2.05, 4.69) is 0 Å². The first kappa shape index (κ1) is 24.2. The second-order valence-electron chi connectivity index (χ2n) is 8.10. The van der Waals surface area contributed by atoms with Gasteiger partial charge in [0, 0.05) is 25.0 Å². The summed E-state index contributed by atoms with van der Waals surface area (Å²) in [5.74, 6) is -0.533. The number of ether oxygens (including phenoxy) is 2. The normalized spacial score (nSPS) is 17.5. The molecule has 1 amide bonds. The molecule has 2 aromatic carbocycles. The number of carbonyl (C=O) groups excluding carboxylic acids is 2. The van der Waals surface area contributed by atoms with E-state index in [1.807, 2.05) is 4.72 Å².